The molecule has 5 atom stereocenters. The quantitative estimate of drug-likeness (QED) is 0.614. The van der Waals surface area contributed by atoms with Gasteiger partial charge in [-0.3, -0.25) is 9.69 Å². The third kappa shape index (κ3) is 1.15. The van der Waals surface area contributed by atoms with Crippen LogP contribution in [0.25, 0.3) is 0 Å². The van der Waals surface area contributed by atoms with Crippen LogP contribution in [0.3, 0.4) is 0 Å². The normalized spacial score (nSPS) is 51.8. The lowest BCUT2D eigenvalue weighted by atomic mass is 9.84. The zero-order chi connectivity index (χ0) is 9.71. The number of ketones is 1. The summed E-state index contributed by atoms with van der Waals surface area (Å²) in [7, 11) is 0. The summed E-state index contributed by atoms with van der Waals surface area (Å²) in [5, 5.41) is 9.72. The van der Waals surface area contributed by atoms with Crippen LogP contribution in [-0.2, 0) is 4.79 Å². The third-order valence-corrected chi connectivity index (χ3v) is 4.22. The molecule has 3 rings (SSSR count). The molecule has 3 heteroatoms. The van der Waals surface area contributed by atoms with E-state index in [1.165, 1.54) is 0 Å². The summed E-state index contributed by atoms with van der Waals surface area (Å²) in [5.41, 5.74) is 0. The van der Waals surface area contributed by atoms with Gasteiger partial charge in [0.25, 0.3) is 0 Å². The van der Waals surface area contributed by atoms with Gasteiger partial charge in [0.05, 0.1) is 12.6 Å². The predicted molar refractivity (Wildman–Crippen MR) is 51.9 cm³/mol. The average Bonchev–Trinajstić information content (AvgIpc) is 2.44. The van der Waals surface area contributed by atoms with Crippen LogP contribution in [0, 0.1) is 5.92 Å². The van der Waals surface area contributed by atoms with E-state index in [-0.39, 0.29) is 6.10 Å². The van der Waals surface area contributed by atoms with Crippen LogP contribution in [-0.4, -0.2) is 40.5 Å². The maximum atomic E-state index is 11.7. The topological polar surface area (TPSA) is 40.5 Å². The molecule has 0 spiro atoms. The highest BCUT2D eigenvalue weighted by atomic mass is 16.3. The van der Waals surface area contributed by atoms with Gasteiger partial charge in [-0.05, 0) is 25.7 Å². The molecule has 0 aliphatic carbocycles. The molecule has 0 radical (unpaired) electrons. The lowest BCUT2D eigenvalue weighted by Gasteiger charge is -2.45. The van der Waals surface area contributed by atoms with Crippen molar-refractivity contribution in [3.8, 4) is 0 Å². The van der Waals surface area contributed by atoms with E-state index >= 15 is 0 Å². The molecule has 0 aromatic carbocycles. The summed E-state index contributed by atoms with van der Waals surface area (Å²) in [6.07, 6.45) is 4.82. The Labute approximate surface area is 84.1 Å². The molecule has 1 N–H and O–H groups in total. The maximum Gasteiger partial charge on any atom is 0.151 e. The van der Waals surface area contributed by atoms with Crippen LogP contribution in [0.2, 0.25) is 0 Å². The Bertz CT molecular complexity index is 266. The lowest BCUT2D eigenvalue weighted by Crippen LogP contribution is -2.54. The van der Waals surface area contributed by atoms with Crippen LogP contribution < -0.4 is 0 Å². The largest absolute Gasteiger partial charge is 0.393 e. The van der Waals surface area contributed by atoms with Crippen molar-refractivity contribution in [2.75, 3.05) is 6.54 Å². The van der Waals surface area contributed by atoms with E-state index in [0.717, 1.165) is 32.1 Å². The molecule has 3 aliphatic heterocycles. The monoisotopic (exact) mass is 195 g/mol. The Morgan fingerprint density at radius 2 is 2.14 bits per heavy atom. The zero-order valence-electron chi connectivity index (χ0n) is 8.35. The number of carbonyl (C=O) groups excluding carboxylic acids is 1. The minimum Gasteiger partial charge on any atom is -0.393 e. The highest BCUT2D eigenvalue weighted by Crippen LogP contribution is 2.42. The molecular formula is C11H17NO2. The first-order valence-corrected chi connectivity index (χ1v) is 5.72. The maximum absolute atomic E-state index is 11.7. The Kier molecular flexibility index (Phi) is 1.92. The fourth-order valence-corrected chi connectivity index (χ4v) is 3.43. The molecule has 0 saturated carbocycles. The second kappa shape index (κ2) is 3.04. The zero-order valence-corrected chi connectivity index (χ0v) is 8.35. The molecular weight excluding hydrogens is 178 g/mol. The molecule has 3 fully saturated rings. The van der Waals surface area contributed by atoms with E-state index in [0.29, 0.717) is 30.3 Å². The first-order chi connectivity index (χ1) is 6.75. The Morgan fingerprint density at radius 3 is 3.00 bits per heavy atom. The summed E-state index contributed by atoms with van der Waals surface area (Å²) < 4.78 is 0. The summed E-state index contributed by atoms with van der Waals surface area (Å²) >= 11 is 0. The number of rotatable bonds is 0. The number of Topliss-reactive ketones (excluding diaryl/α,β-unsaturated/α-hetero) is 1. The SMILES string of the molecule is O=C1CN2C3CC(O)CCCC1C2C3. The molecule has 4 bridgehead atoms. The smallest absolute Gasteiger partial charge is 0.151 e. The van der Waals surface area contributed by atoms with Crippen LogP contribution >= 0.6 is 0 Å². The number of aliphatic hydroxyl groups excluding tert-OH is 1. The summed E-state index contributed by atoms with van der Waals surface area (Å²) in [6, 6.07) is 1.04. The first-order valence-electron chi connectivity index (χ1n) is 5.72. The van der Waals surface area contributed by atoms with Gasteiger partial charge in [-0.2, -0.15) is 0 Å². The second-order valence-corrected chi connectivity index (χ2v) is 5.02. The van der Waals surface area contributed by atoms with Crippen molar-refractivity contribution in [2.24, 2.45) is 5.92 Å². The molecule has 0 aromatic rings. The molecule has 5 unspecified atom stereocenters. The molecule has 3 heterocycles. The summed E-state index contributed by atoms with van der Waals surface area (Å²) in [5.74, 6) is 0.755. The van der Waals surface area contributed by atoms with Gasteiger partial charge >= 0.3 is 0 Å². The van der Waals surface area contributed by atoms with Crippen molar-refractivity contribution >= 4 is 5.78 Å². The van der Waals surface area contributed by atoms with E-state index in [2.05, 4.69) is 4.90 Å². The first kappa shape index (κ1) is 8.86. The molecule has 0 amide bonds. The predicted octanol–water partition coefficient (Wildman–Crippen LogP) is 0.563. The van der Waals surface area contributed by atoms with Crippen LogP contribution in [0.5, 0.6) is 0 Å². The Balaban J connectivity index is 1.81. The molecule has 78 valence electrons. The molecule has 14 heavy (non-hydrogen) atoms. The summed E-state index contributed by atoms with van der Waals surface area (Å²) in [6.45, 7) is 0.659. The second-order valence-electron chi connectivity index (χ2n) is 5.02. The number of carbonyl (C=O) groups is 1. The van der Waals surface area contributed by atoms with Gasteiger partial charge in [0.15, 0.2) is 5.78 Å². The molecule has 3 aliphatic rings. The number of aliphatic hydroxyl groups is 1. The van der Waals surface area contributed by atoms with Crippen molar-refractivity contribution in [1.29, 1.82) is 0 Å². The van der Waals surface area contributed by atoms with E-state index in [1.54, 1.807) is 0 Å². The number of hydrogen-bond donors (Lipinski definition) is 1. The van der Waals surface area contributed by atoms with Crippen molar-refractivity contribution in [2.45, 2.75) is 50.3 Å². The van der Waals surface area contributed by atoms with Gasteiger partial charge in [-0.1, -0.05) is 6.42 Å². The van der Waals surface area contributed by atoms with Gasteiger partial charge in [0, 0.05) is 18.0 Å². The van der Waals surface area contributed by atoms with Gasteiger partial charge < -0.3 is 5.11 Å². The van der Waals surface area contributed by atoms with Gasteiger partial charge in [-0.25, -0.2) is 0 Å². The highest BCUT2D eigenvalue weighted by Gasteiger charge is 2.51. The Morgan fingerprint density at radius 1 is 1.29 bits per heavy atom. The lowest BCUT2D eigenvalue weighted by molar-refractivity contribution is -0.120. The van der Waals surface area contributed by atoms with E-state index < -0.39 is 0 Å². The number of nitrogens with zero attached hydrogens (tertiary/aromatic N) is 1. The Hall–Kier alpha value is -0.410. The molecule has 3 saturated heterocycles. The average molecular weight is 195 g/mol. The van der Waals surface area contributed by atoms with Crippen LogP contribution in [0.15, 0.2) is 0 Å². The van der Waals surface area contributed by atoms with E-state index in [4.69, 9.17) is 0 Å². The van der Waals surface area contributed by atoms with Crippen LogP contribution in [0.4, 0.5) is 0 Å². The molecule has 0 aromatic heterocycles. The fourth-order valence-electron chi connectivity index (χ4n) is 3.43. The van der Waals surface area contributed by atoms with E-state index in [9.17, 15) is 9.90 Å². The van der Waals surface area contributed by atoms with Crippen LogP contribution in [0.1, 0.15) is 32.1 Å². The standard InChI is InChI=1S/C11H17NO2/c13-8-2-1-3-9-10-5-7(4-8)12(10)6-11(9)14/h7-10,13H,1-6H2. The minimum absolute atomic E-state index is 0.129. The van der Waals surface area contributed by atoms with Crippen molar-refractivity contribution < 1.29 is 9.90 Å². The van der Waals surface area contributed by atoms with Crippen molar-refractivity contribution in [3.63, 3.8) is 0 Å². The van der Waals surface area contributed by atoms with Gasteiger partial charge in [-0.15, -0.1) is 0 Å². The van der Waals surface area contributed by atoms with E-state index in [1.807, 2.05) is 0 Å². The third-order valence-electron chi connectivity index (χ3n) is 4.22. The van der Waals surface area contributed by atoms with Crippen molar-refractivity contribution in [1.82, 2.24) is 4.90 Å². The van der Waals surface area contributed by atoms with Gasteiger partial charge in [0.1, 0.15) is 0 Å². The molecule has 3 nitrogen and oxygen atoms in total. The van der Waals surface area contributed by atoms with Gasteiger partial charge in [0.2, 0.25) is 0 Å². The highest BCUT2D eigenvalue weighted by molar-refractivity contribution is 5.86. The van der Waals surface area contributed by atoms with Crippen molar-refractivity contribution in [3.05, 3.63) is 0 Å². The minimum atomic E-state index is -0.129. The fraction of sp³-hybridized carbons (Fsp3) is 0.909. The number of hydrogen-bond acceptors (Lipinski definition) is 3. The summed E-state index contributed by atoms with van der Waals surface area (Å²) in [4.78, 5) is 14.0.